The van der Waals surface area contributed by atoms with Crippen LogP contribution in [0.5, 0.6) is 11.5 Å². The van der Waals surface area contributed by atoms with Crippen LogP contribution in [0.4, 0.5) is 5.69 Å². The zero-order valence-corrected chi connectivity index (χ0v) is 13.9. The zero-order valence-electron chi connectivity index (χ0n) is 13.2. The van der Waals surface area contributed by atoms with Gasteiger partial charge in [0.2, 0.25) is 0 Å². The van der Waals surface area contributed by atoms with Gasteiger partial charge in [0.15, 0.2) is 11.5 Å². The van der Waals surface area contributed by atoms with Crippen LogP contribution in [-0.2, 0) is 0 Å². The van der Waals surface area contributed by atoms with Gasteiger partial charge in [0, 0.05) is 17.2 Å². The summed E-state index contributed by atoms with van der Waals surface area (Å²) in [5, 5.41) is 10.8. The molecule has 9 nitrogen and oxygen atoms in total. The molecule has 0 radical (unpaired) electrons. The van der Waals surface area contributed by atoms with Crippen LogP contribution in [0.15, 0.2) is 36.4 Å². The monoisotopic (exact) mass is 377 g/mol. The van der Waals surface area contributed by atoms with E-state index in [9.17, 15) is 19.7 Å². The Morgan fingerprint density at radius 3 is 2.19 bits per heavy atom. The molecule has 0 unspecified atom stereocenters. The molecule has 1 aliphatic heterocycles. The molecule has 1 aliphatic rings. The SMILES string of the molecule is O=C(NNC(=O)c1ccc(Cl)c([N+](=O)[O-])c1)c1ccc2c(c1)OCCO2. The summed E-state index contributed by atoms with van der Waals surface area (Å²) in [7, 11) is 0. The molecule has 0 saturated heterocycles. The number of hydrogen-bond acceptors (Lipinski definition) is 6. The predicted octanol–water partition coefficient (Wildman–Crippen LogP) is 2.09. The molecule has 2 amide bonds. The maximum Gasteiger partial charge on any atom is 0.288 e. The molecule has 2 aromatic carbocycles. The van der Waals surface area contributed by atoms with Crippen LogP contribution in [0.1, 0.15) is 20.7 Å². The summed E-state index contributed by atoms with van der Waals surface area (Å²) in [4.78, 5) is 34.4. The number of nitrogens with one attached hydrogen (secondary N) is 2. The normalized spacial score (nSPS) is 12.2. The van der Waals surface area contributed by atoms with Gasteiger partial charge >= 0.3 is 0 Å². The average Bonchev–Trinajstić information content (AvgIpc) is 2.65. The third-order valence-corrected chi connectivity index (χ3v) is 3.82. The third-order valence-electron chi connectivity index (χ3n) is 3.50. The average molecular weight is 378 g/mol. The predicted molar refractivity (Wildman–Crippen MR) is 90.5 cm³/mol. The first-order valence-electron chi connectivity index (χ1n) is 7.40. The van der Waals surface area contributed by atoms with E-state index in [2.05, 4.69) is 10.9 Å². The van der Waals surface area contributed by atoms with E-state index in [0.717, 1.165) is 6.07 Å². The van der Waals surface area contributed by atoms with Gasteiger partial charge in [-0.25, -0.2) is 0 Å². The Hall–Kier alpha value is -3.33. The van der Waals surface area contributed by atoms with E-state index in [0.29, 0.717) is 24.7 Å². The summed E-state index contributed by atoms with van der Waals surface area (Å²) in [5.74, 6) is -0.344. The van der Waals surface area contributed by atoms with Crippen molar-refractivity contribution in [3.8, 4) is 11.5 Å². The van der Waals surface area contributed by atoms with Gasteiger partial charge in [-0.05, 0) is 30.3 Å². The standard InChI is InChI=1S/C16H12ClN3O6/c17-11-3-1-9(7-12(11)20(23)24)15(21)18-19-16(22)10-2-4-13-14(8-10)26-6-5-25-13/h1-4,7-8H,5-6H2,(H,18,21)(H,19,22). The second-order valence-electron chi connectivity index (χ2n) is 5.19. The molecule has 134 valence electrons. The molecule has 0 saturated carbocycles. The van der Waals surface area contributed by atoms with E-state index in [-0.39, 0.29) is 16.1 Å². The lowest BCUT2D eigenvalue weighted by Gasteiger charge is -2.18. The highest BCUT2D eigenvalue weighted by atomic mass is 35.5. The fourth-order valence-electron chi connectivity index (χ4n) is 2.24. The minimum Gasteiger partial charge on any atom is -0.486 e. The number of nitro groups is 1. The molecule has 0 aliphatic carbocycles. The van der Waals surface area contributed by atoms with E-state index < -0.39 is 22.4 Å². The highest BCUT2D eigenvalue weighted by Gasteiger charge is 2.18. The molecule has 3 rings (SSSR count). The number of fused-ring (bicyclic) bond motifs is 1. The number of rotatable bonds is 3. The van der Waals surface area contributed by atoms with Crippen molar-refractivity contribution in [2.45, 2.75) is 0 Å². The van der Waals surface area contributed by atoms with Gasteiger partial charge in [-0.15, -0.1) is 0 Å². The quantitative estimate of drug-likeness (QED) is 0.624. The van der Waals surface area contributed by atoms with Crippen LogP contribution in [0.3, 0.4) is 0 Å². The Morgan fingerprint density at radius 2 is 1.54 bits per heavy atom. The molecule has 10 heteroatoms. The second-order valence-corrected chi connectivity index (χ2v) is 5.60. The molecule has 26 heavy (non-hydrogen) atoms. The number of benzene rings is 2. The van der Waals surface area contributed by atoms with Gasteiger partial charge in [0.1, 0.15) is 18.2 Å². The van der Waals surface area contributed by atoms with Crippen LogP contribution >= 0.6 is 11.6 Å². The minimum absolute atomic E-state index is 0.0245. The third kappa shape index (κ3) is 3.67. The minimum atomic E-state index is -0.726. The largest absolute Gasteiger partial charge is 0.486 e. The second kappa shape index (κ2) is 7.28. The number of carbonyl (C=O) groups excluding carboxylic acids is 2. The fraction of sp³-hybridized carbons (Fsp3) is 0.125. The maximum absolute atomic E-state index is 12.1. The Morgan fingerprint density at radius 1 is 0.962 bits per heavy atom. The lowest BCUT2D eigenvalue weighted by atomic mass is 10.2. The number of ether oxygens (including phenoxy) is 2. The topological polar surface area (TPSA) is 120 Å². The van der Waals surface area contributed by atoms with E-state index in [4.69, 9.17) is 21.1 Å². The van der Waals surface area contributed by atoms with Gasteiger partial charge in [-0.1, -0.05) is 11.6 Å². The summed E-state index contributed by atoms with van der Waals surface area (Å²) in [6.07, 6.45) is 0. The summed E-state index contributed by atoms with van der Waals surface area (Å²) in [6, 6.07) is 8.16. The van der Waals surface area contributed by atoms with Crippen LogP contribution in [0.2, 0.25) is 5.02 Å². The van der Waals surface area contributed by atoms with Crippen molar-refractivity contribution >= 4 is 29.1 Å². The van der Waals surface area contributed by atoms with Crippen molar-refractivity contribution < 1.29 is 24.0 Å². The lowest BCUT2D eigenvalue weighted by Crippen LogP contribution is -2.41. The van der Waals surface area contributed by atoms with E-state index in [1.165, 1.54) is 24.3 Å². The van der Waals surface area contributed by atoms with Crippen LogP contribution in [0.25, 0.3) is 0 Å². The first-order valence-corrected chi connectivity index (χ1v) is 7.78. The van der Waals surface area contributed by atoms with Crippen LogP contribution < -0.4 is 20.3 Å². The highest BCUT2D eigenvalue weighted by molar-refractivity contribution is 6.32. The van der Waals surface area contributed by atoms with Crippen molar-refractivity contribution in [1.29, 1.82) is 0 Å². The smallest absolute Gasteiger partial charge is 0.288 e. The summed E-state index contributed by atoms with van der Waals surface area (Å²) in [5.41, 5.74) is 4.23. The van der Waals surface area contributed by atoms with Gasteiger partial charge < -0.3 is 9.47 Å². The molecule has 0 fully saturated rings. The summed E-state index contributed by atoms with van der Waals surface area (Å²) in [6.45, 7) is 0.811. The first-order chi connectivity index (χ1) is 12.5. The molecule has 2 aromatic rings. The highest BCUT2D eigenvalue weighted by Crippen LogP contribution is 2.30. The van der Waals surface area contributed by atoms with Gasteiger partial charge in [0.25, 0.3) is 17.5 Å². The molecule has 0 spiro atoms. The number of nitrogens with zero attached hydrogens (tertiary/aromatic N) is 1. The van der Waals surface area contributed by atoms with E-state index in [1.54, 1.807) is 6.07 Å². The van der Waals surface area contributed by atoms with E-state index in [1.807, 2.05) is 0 Å². The van der Waals surface area contributed by atoms with Crippen LogP contribution in [0, 0.1) is 10.1 Å². The van der Waals surface area contributed by atoms with Crippen molar-refractivity contribution in [1.82, 2.24) is 10.9 Å². The Balaban J connectivity index is 1.67. The molecular weight excluding hydrogens is 366 g/mol. The van der Waals surface area contributed by atoms with Crippen molar-refractivity contribution in [2.24, 2.45) is 0 Å². The number of halogens is 1. The number of nitro benzene ring substituents is 1. The van der Waals surface area contributed by atoms with Crippen molar-refractivity contribution in [3.05, 3.63) is 62.7 Å². The first kappa shape index (κ1) is 17.5. The van der Waals surface area contributed by atoms with Gasteiger partial charge in [-0.3, -0.25) is 30.6 Å². The molecule has 0 bridgehead atoms. The Labute approximate surface area is 152 Å². The van der Waals surface area contributed by atoms with Crippen molar-refractivity contribution in [3.63, 3.8) is 0 Å². The van der Waals surface area contributed by atoms with Gasteiger partial charge in [0.05, 0.1) is 4.92 Å². The summed E-state index contributed by atoms with van der Waals surface area (Å²) < 4.78 is 10.7. The van der Waals surface area contributed by atoms with Gasteiger partial charge in [-0.2, -0.15) is 0 Å². The number of hydrazine groups is 1. The molecule has 1 heterocycles. The number of carbonyl (C=O) groups is 2. The van der Waals surface area contributed by atoms with Crippen LogP contribution in [-0.4, -0.2) is 30.0 Å². The van der Waals surface area contributed by atoms with Crippen molar-refractivity contribution in [2.75, 3.05) is 13.2 Å². The summed E-state index contributed by atoms with van der Waals surface area (Å²) >= 11 is 5.70. The fourth-order valence-corrected chi connectivity index (χ4v) is 2.42. The molecule has 0 aromatic heterocycles. The number of amides is 2. The zero-order chi connectivity index (χ0) is 18.7. The maximum atomic E-state index is 12.1. The molecule has 0 atom stereocenters. The number of hydrogen-bond donors (Lipinski definition) is 2. The lowest BCUT2D eigenvalue weighted by molar-refractivity contribution is -0.384. The van der Waals surface area contributed by atoms with E-state index >= 15 is 0 Å². The molecule has 2 N–H and O–H groups in total. The Kier molecular flexibility index (Phi) is 4.90. The molecular formula is C16H12ClN3O6. The Bertz CT molecular complexity index is 902.